The van der Waals surface area contributed by atoms with Gasteiger partial charge in [-0.2, -0.15) is 0 Å². The van der Waals surface area contributed by atoms with Crippen LogP contribution in [-0.4, -0.2) is 54.5 Å². The fraction of sp³-hybridized carbons (Fsp3) is 0.400. The maximum Gasteiger partial charge on any atom is 0.414 e. The average molecular weight is 431 g/mol. The van der Waals surface area contributed by atoms with Crippen LogP contribution in [0.15, 0.2) is 24.3 Å². The van der Waals surface area contributed by atoms with Crippen molar-refractivity contribution >= 4 is 39.7 Å². The van der Waals surface area contributed by atoms with Gasteiger partial charge in [0.1, 0.15) is 16.9 Å². The lowest BCUT2D eigenvalue weighted by Gasteiger charge is -2.26. The number of anilines is 2. The van der Waals surface area contributed by atoms with Gasteiger partial charge in [-0.3, -0.25) is 9.69 Å². The van der Waals surface area contributed by atoms with Gasteiger partial charge in [0.25, 0.3) is 0 Å². The topological polar surface area (TPSA) is 87.7 Å². The van der Waals surface area contributed by atoms with Crippen molar-refractivity contribution in [3.8, 4) is 0 Å². The molecule has 0 bridgehead atoms. The largest absolute Gasteiger partial charge is 0.442 e. The predicted octanol–water partition coefficient (Wildman–Crippen LogP) is 2.74. The highest BCUT2D eigenvalue weighted by Crippen LogP contribution is 2.31. The van der Waals surface area contributed by atoms with Crippen LogP contribution in [0, 0.1) is 12.7 Å². The molecule has 4 rings (SSSR count). The van der Waals surface area contributed by atoms with Gasteiger partial charge in [-0.05, 0) is 37.1 Å². The number of carbonyl (C=O) groups is 2. The zero-order valence-corrected chi connectivity index (χ0v) is 17.5. The second-order valence-corrected chi connectivity index (χ2v) is 8.41. The highest BCUT2D eigenvalue weighted by molar-refractivity contribution is 7.15. The summed E-state index contributed by atoms with van der Waals surface area (Å²) in [7, 11) is 0. The van der Waals surface area contributed by atoms with Gasteiger partial charge in [-0.1, -0.05) is 17.4 Å². The Morgan fingerprint density at radius 1 is 1.40 bits per heavy atom. The average Bonchev–Trinajstić information content (AvgIpc) is 3.32. The standard InChI is InChI=1S/C20H22FN5O3S/c1-12(27)22-10-16-11-26(20(28)29-16)15-3-4-17(18(21)9-15)14-5-7-25(8-6-14)19-24-23-13(2)30-19/h3-5,9,16H,6-8,10-11H2,1-2H3,(H,22,27). The summed E-state index contributed by atoms with van der Waals surface area (Å²) in [6.45, 7) is 5.20. The van der Waals surface area contributed by atoms with Gasteiger partial charge in [0, 0.05) is 25.6 Å². The zero-order chi connectivity index (χ0) is 21.3. The molecule has 1 fully saturated rings. The van der Waals surface area contributed by atoms with Crippen LogP contribution in [-0.2, 0) is 9.53 Å². The molecule has 2 aliphatic rings. The predicted molar refractivity (Wildman–Crippen MR) is 112 cm³/mol. The monoisotopic (exact) mass is 431 g/mol. The molecule has 0 saturated carbocycles. The number of rotatable bonds is 5. The first kappa shape index (κ1) is 20.3. The van der Waals surface area contributed by atoms with E-state index in [9.17, 15) is 14.0 Å². The Labute approximate surface area is 177 Å². The van der Waals surface area contributed by atoms with Crippen molar-refractivity contribution < 1.29 is 18.7 Å². The Morgan fingerprint density at radius 3 is 2.87 bits per heavy atom. The third-order valence-electron chi connectivity index (χ3n) is 5.06. The number of nitrogens with zero attached hydrogens (tertiary/aromatic N) is 4. The van der Waals surface area contributed by atoms with E-state index in [1.807, 2.05) is 13.0 Å². The number of carbonyl (C=O) groups excluding carboxylic acids is 2. The van der Waals surface area contributed by atoms with Crippen molar-refractivity contribution in [1.82, 2.24) is 15.5 Å². The zero-order valence-electron chi connectivity index (χ0n) is 16.7. The summed E-state index contributed by atoms with van der Waals surface area (Å²) in [6.07, 6.45) is 1.70. The van der Waals surface area contributed by atoms with Crippen molar-refractivity contribution in [3.05, 3.63) is 40.7 Å². The number of hydrogen-bond donors (Lipinski definition) is 1. The molecule has 1 N–H and O–H groups in total. The van der Waals surface area contributed by atoms with Crippen LogP contribution in [0.3, 0.4) is 0 Å². The number of cyclic esters (lactones) is 1. The van der Waals surface area contributed by atoms with E-state index in [0.29, 0.717) is 24.2 Å². The van der Waals surface area contributed by atoms with Crippen molar-refractivity contribution in [2.45, 2.75) is 26.4 Å². The molecule has 1 aromatic carbocycles. The maximum atomic E-state index is 14.9. The molecular formula is C20H22FN5O3S. The quantitative estimate of drug-likeness (QED) is 0.783. The minimum absolute atomic E-state index is 0.194. The fourth-order valence-electron chi connectivity index (χ4n) is 3.53. The van der Waals surface area contributed by atoms with E-state index >= 15 is 0 Å². The number of hydrogen-bond acceptors (Lipinski definition) is 7. The molecule has 0 spiro atoms. The van der Waals surface area contributed by atoms with Gasteiger partial charge in [-0.15, -0.1) is 10.2 Å². The molecule has 2 aromatic rings. The fourth-order valence-corrected chi connectivity index (χ4v) is 4.25. The van der Waals surface area contributed by atoms with Gasteiger partial charge in [0.05, 0.1) is 18.8 Å². The normalized spacial score (nSPS) is 19.0. The Morgan fingerprint density at radius 2 is 2.23 bits per heavy atom. The molecule has 1 atom stereocenters. The summed E-state index contributed by atoms with van der Waals surface area (Å²) in [6, 6.07) is 4.79. The number of halogens is 1. The molecule has 2 aliphatic heterocycles. The number of amides is 2. The molecule has 1 aromatic heterocycles. The van der Waals surface area contributed by atoms with Gasteiger partial charge in [0.15, 0.2) is 0 Å². The number of ether oxygens (including phenoxy) is 1. The minimum Gasteiger partial charge on any atom is -0.442 e. The lowest BCUT2D eigenvalue weighted by Crippen LogP contribution is -2.33. The van der Waals surface area contributed by atoms with E-state index in [0.717, 1.165) is 22.3 Å². The molecule has 30 heavy (non-hydrogen) atoms. The first-order valence-corrected chi connectivity index (χ1v) is 10.5. The Bertz CT molecular complexity index is 1010. The van der Waals surface area contributed by atoms with Crippen molar-refractivity contribution in [2.75, 3.05) is 36.0 Å². The number of aryl methyl sites for hydroxylation is 1. The van der Waals surface area contributed by atoms with Crippen LogP contribution in [0.5, 0.6) is 0 Å². The third-order valence-corrected chi connectivity index (χ3v) is 5.96. The Kier molecular flexibility index (Phi) is 5.67. The second kappa shape index (κ2) is 8.39. The maximum absolute atomic E-state index is 14.9. The van der Waals surface area contributed by atoms with E-state index in [1.54, 1.807) is 23.5 Å². The lowest BCUT2D eigenvalue weighted by molar-refractivity contribution is -0.119. The van der Waals surface area contributed by atoms with Crippen molar-refractivity contribution in [1.29, 1.82) is 0 Å². The molecule has 0 aliphatic carbocycles. The van der Waals surface area contributed by atoms with E-state index in [1.165, 1.54) is 17.9 Å². The van der Waals surface area contributed by atoms with Crippen molar-refractivity contribution in [3.63, 3.8) is 0 Å². The molecule has 8 nitrogen and oxygen atoms in total. The van der Waals surface area contributed by atoms with Gasteiger partial charge in [-0.25, -0.2) is 9.18 Å². The van der Waals surface area contributed by atoms with Crippen molar-refractivity contribution in [2.24, 2.45) is 0 Å². The first-order chi connectivity index (χ1) is 14.4. The number of aromatic nitrogens is 2. The highest BCUT2D eigenvalue weighted by atomic mass is 32.1. The van der Waals surface area contributed by atoms with E-state index in [4.69, 9.17) is 4.74 Å². The summed E-state index contributed by atoms with van der Waals surface area (Å²) < 4.78 is 20.1. The molecular weight excluding hydrogens is 409 g/mol. The van der Waals surface area contributed by atoms with E-state index < -0.39 is 12.2 Å². The third kappa shape index (κ3) is 4.28. The molecule has 1 saturated heterocycles. The molecule has 158 valence electrons. The van der Waals surface area contributed by atoms with Crippen LogP contribution in [0.4, 0.5) is 20.0 Å². The highest BCUT2D eigenvalue weighted by Gasteiger charge is 2.33. The lowest BCUT2D eigenvalue weighted by atomic mass is 9.98. The molecule has 1 unspecified atom stereocenters. The van der Waals surface area contributed by atoms with E-state index in [2.05, 4.69) is 20.4 Å². The second-order valence-electron chi connectivity index (χ2n) is 7.25. The first-order valence-electron chi connectivity index (χ1n) is 9.67. The molecule has 0 radical (unpaired) electrons. The number of benzene rings is 1. The van der Waals surface area contributed by atoms with Crippen LogP contribution in [0.2, 0.25) is 0 Å². The van der Waals surface area contributed by atoms with Crippen LogP contribution in [0.1, 0.15) is 23.9 Å². The van der Waals surface area contributed by atoms with E-state index in [-0.39, 0.29) is 24.8 Å². The molecule has 2 amide bonds. The SMILES string of the molecule is CC(=O)NCC1CN(c2ccc(C3=CCN(c4nnc(C)s4)CC3)c(F)c2)C(=O)O1. The number of nitrogens with one attached hydrogen (secondary N) is 1. The van der Waals surface area contributed by atoms with Gasteiger partial charge < -0.3 is 15.0 Å². The smallest absolute Gasteiger partial charge is 0.414 e. The van der Waals surface area contributed by atoms with Crippen LogP contribution in [0.25, 0.3) is 5.57 Å². The summed E-state index contributed by atoms with van der Waals surface area (Å²) in [5.74, 6) is -0.572. The molecule has 3 heterocycles. The summed E-state index contributed by atoms with van der Waals surface area (Å²) >= 11 is 1.54. The summed E-state index contributed by atoms with van der Waals surface area (Å²) in [5.41, 5.74) is 1.91. The van der Waals surface area contributed by atoms with Crippen LogP contribution < -0.4 is 15.1 Å². The Balaban J connectivity index is 1.44. The summed E-state index contributed by atoms with van der Waals surface area (Å²) in [5, 5.41) is 12.6. The summed E-state index contributed by atoms with van der Waals surface area (Å²) in [4.78, 5) is 26.7. The molecule has 10 heteroatoms. The Hall–Kier alpha value is -3.01. The minimum atomic E-state index is -0.544. The van der Waals surface area contributed by atoms with Gasteiger partial charge in [0.2, 0.25) is 11.0 Å². The van der Waals surface area contributed by atoms with Crippen LogP contribution >= 0.6 is 11.3 Å². The van der Waals surface area contributed by atoms with Gasteiger partial charge >= 0.3 is 6.09 Å².